The molecular weight excluding hydrogens is 544 g/mol. The monoisotopic (exact) mass is 596 g/mol. The van der Waals surface area contributed by atoms with Gasteiger partial charge in [-0.15, -0.1) is 0 Å². The zero-order chi connectivity index (χ0) is 50.6. The minimum absolute atomic E-state index is 0.0263. The average molecular weight is 597 g/mol. The van der Waals surface area contributed by atoms with Crippen LogP contribution in [-0.2, 0) is 0 Å². The highest BCUT2D eigenvalue weighted by Gasteiger charge is 2.18. The van der Waals surface area contributed by atoms with Gasteiger partial charge in [0.15, 0.2) is 0 Å². The van der Waals surface area contributed by atoms with Gasteiger partial charge in [-0.05, 0) is 90.2 Å². The van der Waals surface area contributed by atoms with Crippen molar-refractivity contribution in [1.29, 1.82) is 0 Å². The molecule has 0 unspecified atom stereocenters. The van der Waals surface area contributed by atoms with Crippen LogP contribution < -0.4 is 0 Å². The Bertz CT molecular complexity index is 3750. The number of rotatable bonds is 4. The summed E-state index contributed by atoms with van der Waals surface area (Å²) in [5.41, 5.74) is -3.75. The van der Waals surface area contributed by atoms with Crippen LogP contribution in [0, 0.1) is 0 Å². The molecule has 1 heterocycles. The summed E-state index contributed by atoms with van der Waals surface area (Å²) >= 11 is 0. The van der Waals surface area contributed by atoms with E-state index in [0.717, 1.165) is 0 Å². The number of hydrogen-bond donors (Lipinski definition) is 0. The molecule has 0 bridgehead atoms. The first-order valence-electron chi connectivity index (χ1n) is 25.5. The molecule has 0 fully saturated rings. The van der Waals surface area contributed by atoms with Crippen LogP contribution in [0.1, 0.15) is 32.9 Å². The summed E-state index contributed by atoms with van der Waals surface area (Å²) in [6, 6.07) is -13.1. The number of furan rings is 1. The summed E-state index contributed by atoms with van der Waals surface area (Å²) < 4.78 is 217. The Hall–Kier alpha value is -5.92. The summed E-state index contributed by atoms with van der Waals surface area (Å²) in [6.07, 6.45) is 0. The largest absolute Gasteiger partial charge is 0.456 e. The first-order chi connectivity index (χ1) is 32.3. The van der Waals surface area contributed by atoms with E-state index in [-0.39, 0.29) is 33.0 Å². The van der Waals surface area contributed by atoms with Gasteiger partial charge in [-0.25, -0.2) is 0 Å². The molecule has 1 nitrogen and oxygen atoms in total. The van der Waals surface area contributed by atoms with E-state index in [4.69, 9.17) is 29.1 Å². The molecule has 210 valence electrons. The lowest BCUT2D eigenvalue weighted by Crippen LogP contribution is -1.91. The third-order valence-corrected chi connectivity index (χ3v) is 7.39. The molecule has 1 aromatic heterocycles. The van der Waals surface area contributed by atoms with Crippen LogP contribution in [0.2, 0.25) is 0 Å². The van der Waals surface area contributed by atoms with Gasteiger partial charge in [-0.3, -0.25) is 0 Å². The molecule has 0 saturated carbocycles. The number of hydrogen-bond acceptors (Lipinski definition) is 1. The molecule has 9 aromatic rings. The second kappa shape index (κ2) is 10.4. The fourth-order valence-electron chi connectivity index (χ4n) is 5.54. The Labute approximate surface area is 295 Å². The Morgan fingerprint density at radius 3 is 1.64 bits per heavy atom. The van der Waals surface area contributed by atoms with Crippen molar-refractivity contribution in [1.82, 2.24) is 0 Å². The molecule has 0 N–H and O–H groups in total. The molecule has 0 atom stereocenters. The molecular formula is C44H28O. The van der Waals surface area contributed by atoms with Crippen LogP contribution in [0.4, 0.5) is 0 Å². The van der Waals surface area contributed by atoms with Gasteiger partial charge in [-0.1, -0.05) is 145 Å². The van der Waals surface area contributed by atoms with Gasteiger partial charge < -0.3 is 4.42 Å². The SMILES string of the molecule is [2H]c1c([2H])c([2H])c(-c2c([2H])c([2H])c3oc4c([2H])c([2H])c([2H])c(-c5cccc(-c6c7c([2H])c([2H])c([2H])c([2H])c7c(-c7c([2H])c([2H])c([2H])c([2H])c7[2H])c7c([2H])c([2H])c([2H])c([2H])c67)c5)c4c3c2[2H])c([2H])c1[2H]. The molecule has 9 rings (SSSR count). The van der Waals surface area contributed by atoms with E-state index in [2.05, 4.69) is 0 Å². The maximum Gasteiger partial charge on any atom is 0.136 e. The van der Waals surface area contributed by atoms with Crippen molar-refractivity contribution in [2.75, 3.05) is 0 Å². The van der Waals surface area contributed by atoms with Crippen molar-refractivity contribution >= 4 is 43.5 Å². The van der Waals surface area contributed by atoms with Crippen LogP contribution in [0.5, 0.6) is 0 Å². The molecule has 0 amide bonds. The van der Waals surface area contributed by atoms with Gasteiger partial charge in [0.25, 0.3) is 0 Å². The number of fused-ring (bicyclic) bond motifs is 5. The normalized spacial score (nSPS) is 19.0. The van der Waals surface area contributed by atoms with E-state index in [9.17, 15) is 8.22 Å². The summed E-state index contributed by atoms with van der Waals surface area (Å²) in [4.78, 5) is 0. The molecule has 0 aliphatic rings. The quantitative estimate of drug-likeness (QED) is 0.184. The van der Waals surface area contributed by atoms with Crippen molar-refractivity contribution in [3.05, 3.63) is 169 Å². The first kappa shape index (κ1) is 11.2. The highest BCUT2D eigenvalue weighted by molar-refractivity contribution is 6.21. The summed E-state index contributed by atoms with van der Waals surface area (Å²) in [5.74, 6) is 0. The van der Waals surface area contributed by atoms with Gasteiger partial charge in [0.1, 0.15) is 11.2 Å². The van der Waals surface area contributed by atoms with Crippen molar-refractivity contribution in [3.63, 3.8) is 0 Å². The van der Waals surface area contributed by atoms with Crippen LogP contribution in [-0.4, -0.2) is 0 Å². The standard InChI is InChI=1S/C44H28O/c1-3-13-29(14-4-1)31-25-26-40-39(28-31)44-34(23-12-24-41(44)45-40)32-17-11-18-33(27-32)43-37-21-9-7-19-35(37)42(30-15-5-2-6-16-30)36-20-8-10-22-38(36)43/h1-28H/i1D,2D,3D,4D,5D,6D,7D,8D,9D,10D,12D,13D,14D,15D,16D,19D,20D,21D,22D,23D,24D,25D,26D,28D. The van der Waals surface area contributed by atoms with E-state index < -0.39 is 200 Å². The second-order valence-corrected chi connectivity index (χ2v) is 9.84. The maximum absolute atomic E-state index is 9.46. The lowest BCUT2D eigenvalue weighted by Gasteiger charge is -2.18. The highest BCUT2D eigenvalue weighted by Crippen LogP contribution is 2.45. The average Bonchev–Trinajstić information content (AvgIpc) is 3.73. The van der Waals surface area contributed by atoms with Crippen molar-refractivity contribution in [3.8, 4) is 44.5 Å². The van der Waals surface area contributed by atoms with Gasteiger partial charge in [0.2, 0.25) is 0 Å². The molecule has 45 heavy (non-hydrogen) atoms. The summed E-state index contributed by atoms with van der Waals surface area (Å²) in [5, 5.41) is -2.32. The smallest absolute Gasteiger partial charge is 0.136 e. The van der Waals surface area contributed by atoms with Crippen molar-refractivity contribution in [2.45, 2.75) is 0 Å². The van der Waals surface area contributed by atoms with Gasteiger partial charge in [0.05, 0.1) is 32.9 Å². The highest BCUT2D eigenvalue weighted by atomic mass is 16.3. The third kappa shape index (κ3) is 4.17. The third-order valence-electron chi connectivity index (χ3n) is 7.39. The molecule has 0 spiro atoms. The molecule has 0 aliphatic heterocycles. The van der Waals surface area contributed by atoms with E-state index in [1.54, 1.807) is 0 Å². The summed E-state index contributed by atoms with van der Waals surface area (Å²) in [7, 11) is 0. The second-order valence-electron chi connectivity index (χ2n) is 9.84. The van der Waals surface area contributed by atoms with E-state index in [1.807, 2.05) is 0 Å². The molecule has 8 aromatic carbocycles. The molecule has 1 heteroatoms. The maximum atomic E-state index is 9.46. The van der Waals surface area contributed by atoms with Gasteiger partial charge in [0, 0.05) is 10.8 Å². The Kier molecular flexibility index (Phi) is 2.58. The van der Waals surface area contributed by atoms with Crippen LogP contribution in [0.3, 0.4) is 0 Å². The van der Waals surface area contributed by atoms with Crippen LogP contribution >= 0.6 is 0 Å². The zero-order valence-corrected chi connectivity index (χ0v) is 22.7. The van der Waals surface area contributed by atoms with Crippen LogP contribution in [0.25, 0.3) is 88.0 Å². The first-order valence-corrected chi connectivity index (χ1v) is 13.5. The van der Waals surface area contributed by atoms with E-state index >= 15 is 0 Å². The van der Waals surface area contributed by atoms with Gasteiger partial charge >= 0.3 is 0 Å². The predicted molar refractivity (Wildman–Crippen MR) is 190 cm³/mol. The topological polar surface area (TPSA) is 13.1 Å². The zero-order valence-electron chi connectivity index (χ0n) is 46.7. The van der Waals surface area contributed by atoms with Crippen molar-refractivity contribution < 1.29 is 37.3 Å². The Balaban J connectivity index is 1.49. The Morgan fingerprint density at radius 1 is 0.400 bits per heavy atom. The lowest BCUT2D eigenvalue weighted by atomic mass is 9.85. The van der Waals surface area contributed by atoms with E-state index in [1.165, 1.54) is 24.3 Å². The van der Waals surface area contributed by atoms with Crippen molar-refractivity contribution in [2.24, 2.45) is 0 Å². The fraction of sp³-hybridized carbons (Fsp3) is 0. The Morgan fingerprint density at radius 2 is 0.978 bits per heavy atom. The van der Waals surface area contributed by atoms with Crippen LogP contribution in [0.15, 0.2) is 174 Å². The molecule has 0 radical (unpaired) electrons. The minimum Gasteiger partial charge on any atom is -0.456 e. The molecule has 0 aliphatic carbocycles. The summed E-state index contributed by atoms with van der Waals surface area (Å²) in [6.45, 7) is 0. The fourth-order valence-corrected chi connectivity index (χ4v) is 5.54. The van der Waals surface area contributed by atoms with E-state index in [0.29, 0.717) is 0 Å². The molecule has 0 saturated heterocycles. The predicted octanol–water partition coefficient (Wildman–Crippen LogP) is 12.6. The minimum atomic E-state index is -0.838. The lowest BCUT2D eigenvalue weighted by molar-refractivity contribution is 0.669. The van der Waals surface area contributed by atoms with Gasteiger partial charge in [-0.2, -0.15) is 0 Å². The number of benzene rings is 8.